The Balaban J connectivity index is 2.05. The number of sulfonamides is 1. The van der Waals surface area contributed by atoms with Gasteiger partial charge in [-0.3, -0.25) is 10.1 Å². The number of hydrogen-bond acceptors (Lipinski definition) is 6. The van der Waals surface area contributed by atoms with Crippen molar-refractivity contribution in [2.24, 2.45) is 0 Å². The van der Waals surface area contributed by atoms with Crippen LogP contribution in [0.3, 0.4) is 0 Å². The normalized spacial score (nSPS) is 16.0. The van der Waals surface area contributed by atoms with E-state index in [1.165, 1.54) is 27.4 Å². The van der Waals surface area contributed by atoms with Crippen molar-refractivity contribution in [2.45, 2.75) is 12.7 Å². The lowest BCUT2D eigenvalue weighted by Gasteiger charge is -2.33. The predicted molar refractivity (Wildman–Crippen MR) is 85.9 cm³/mol. The molecule has 9 nitrogen and oxygen atoms in total. The molecule has 0 saturated carbocycles. The van der Waals surface area contributed by atoms with Crippen molar-refractivity contribution in [3.05, 3.63) is 39.9 Å². The Labute approximate surface area is 140 Å². The second-order valence-corrected chi connectivity index (χ2v) is 7.20. The Morgan fingerprint density at radius 3 is 2.46 bits per heavy atom. The molecule has 0 aromatic heterocycles. The van der Waals surface area contributed by atoms with E-state index >= 15 is 0 Å². The van der Waals surface area contributed by atoms with Crippen LogP contribution in [0.4, 0.5) is 10.5 Å². The lowest BCUT2D eigenvalue weighted by Crippen LogP contribution is -2.50. The van der Waals surface area contributed by atoms with Gasteiger partial charge in [0.2, 0.25) is 10.0 Å². The van der Waals surface area contributed by atoms with Crippen molar-refractivity contribution in [1.82, 2.24) is 9.21 Å². The number of nitro groups is 1. The fourth-order valence-electron chi connectivity index (χ4n) is 2.46. The van der Waals surface area contributed by atoms with E-state index in [0.717, 1.165) is 0 Å². The number of carbonyl (C=O) groups is 1. The number of nitro benzene ring substituents is 1. The Kier molecular flexibility index (Phi) is 5.73. The molecule has 2 rings (SSSR count). The molecule has 0 spiro atoms. The first-order valence-corrected chi connectivity index (χ1v) is 9.08. The average Bonchev–Trinajstić information content (AvgIpc) is 2.55. The third kappa shape index (κ3) is 4.20. The molecule has 1 aliphatic heterocycles. The number of nitrogens with zero attached hydrogens (tertiary/aromatic N) is 3. The summed E-state index contributed by atoms with van der Waals surface area (Å²) in [5.41, 5.74) is -0.0680. The summed E-state index contributed by atoms with van der Waals surface area (Å²) in [5, 5.41) is 11.0. The Hall–Kier alpha value is -2.20. The van der Waals surface area contributed by atoms with E-state index in [9.17, 15) is 23.3 Å². The molecule has 1 saturated heterocycles. The Bertz CT molecular complexity index is 713. The summed E-state index contributed by atoms with van der Waals surface area (Å²) in [4.78, 5) is 23.5. The average molecular weight is 357 g/mol. The van der Waals surface area contributed by atoms with Gasteiger partial charge in [-0.2, -0.15) is 4.31 Å². The van der Waals surface area contributed by atoms with Gasteiger partial charge >= 0.3 is 6.09 Å². The first kappa shape index (κ1) is 18.1. The van der Waals surface area contributed by atoms with Crippen molar-refractivity contribution in [3.63, 3.8) is 0 Å². The first-order valence-electron chi connectivity index (χ1n) is 7.47. The van der Waals surface area contributed by atoms with Crippen LogP contribution in [0, 0.1) is 10.1 Å². The lowest BCUT2D eigenvalue weighted by atomic mass is 10.2. The summed E-state index contributed by atoms with van der Waals surface area (Å²) in [6, 6.07) is 5.77. The molecule has 0 N–H and O–H groups in total. The fourth-order valence-corrected chi connectivity index (χ4v) is 4.00. The SMILES string of the molecule is CCOC(=O)N1CCN(S(=O)(=O)Cc2ccccc2[N+](=O)[O-])CC1. The molecule has 1 aromatic carbocycles. The minimum absolute atomic E-state index is 0.141. The van der Waals surface area contributed by atoms with Crippen LogP contribution in [-0.2, 0) is 20.5 Å². The molecule has 0 atom stereocenters. The van der Waals surface area contributed by atoms with Crippen LogP contribution in [0.25, 0.3) is 0 Å². The topological polar surface area (TPSA) is 110 Å². The number of amides is 1. The molecule has 0 radical (unpaired) electrons. The number of piperazine rings is 1. The second kappa shape index (κ2) is 7.58. The maximum Gasteiger partial charge on any atom is 0.409 e. The van der Waals surface area contributed by atoms with Gasteiger partial charge in [-0.25, -0.2) is 13.2 Å². The molecule has 24 heavy (non-hydrogen) atoms. The number of carbonyl (C=O) groups excluding carboxylic acids is 1. The van der Waals surface area contributed by atoms with Crippen LogP contribution < -0.4 is 0 Å². The van der Waals surface area contributed by atoms with Gasteiger partial charge in [0.25, 0.3) is 5.69 Å². The number of rotatable bonds is 5. The lowest BCUT2D eigenvalue weighted by molar-refractivity contribution is -0.385. The van der Waals surface area contributed by atoms with Crippen molar-refractivity contribution >= 4 is 21.8 Å². The maximum atomic E-state index is 12.5. The molecule has 1 heterocycles. The van der Waals surface area contributed by atoms with Gasteiger partial charge in [-0.05, 0) is 6.92 Å². The highest BCUT2D eigenvalue weighted by Gasteiger charge is 2.31. The first-order chi connectivity index (χ1) is 11.3. The molecule has 132 valence electrons. The van der Waals surface area contributed by atoms with E-state index in [1.54, 1.807) is 13.0 Å². The maximum absolute atomic E-state index is 12.5. The molecule has 0 bridgehead atoms. The zero-order valence-electron chi connectivity index (χ0n) is 13.3. The molecule has 1 amide bonds. The summed E-state index contributed by atoms with van der Waals surface area (Å²) in [5.74, 6) is -0.441. The standard InChI is InChI=1S/C14H19N3O6S/c1-2-23-14(18)15-7-9-16(10-8-15)24(21,22)11-12-5-3-4-6-13(12)17(19)20/h3-6H,2,7-11H2,1H3. The van der Waals surface area contributed by atoms with Gasteiger partial charge in [-0.15, -0.1) is 0 Å². The number of ether oxygens (including phenoxy) is 1. The van der Waals surface area contributed by atoms with E-state index in [4.69, 9.17) is 4.74 Å². The van der Waals surface area contributed by atoms with E-state index in [2.05, 4.69) is 0 Å². The van der Waals surface area contributed by atoms with Gasteiger partial charge in [-0.1, -0.05) is 18.2 Å². The molecule has 0 unspecified atom stereocenters. The molecule has 0 aliphatic carbocycles. The van der Waals surface area contributed by atoms with Crippen molar-refractivity contribution < 1.29 is 22.9 Å². The minimum atomic E-state index is -3.70. The van der Waals surface area contributed by atoms with Gasteiger partial charge in [0.15, 0.2) is 0 Å². The third-order valence-electron chi connectivity index (χ3n) is 3.68. The third-order valence-corrected chi connectivity index (χ3v) is 5.51. The molecule has 1 aromatic rings. The Morgan fingerprint density at radius 2 is 1.88 bits per heavy atom. The summed E-state index contributed by atoms with van der Waals surface area (Å²) < 4.78 is 31.1. The second-order valence-electron chi connectivity index (χ2n) is 5.23. The summed E-state index contributed by atoms with van der Waals surface area (Å²) in [6.07, 6.45) is -0.465. The van der Waals surface area contributed by atoms with Gasteiger partial charge in [0.1, 0.15) is 0 Å². The van der Waals surface area contributed by atoms with E-state index < -0.39 is 26.8 Å². The van der Waals surface area contributed by atoms with Gasteiger partial charge in [0, 0.05) is 37.8 Å². The summed E-state index contributed by atoms with van der Waals surface area (Å²) in [6.45, 7) is 2.70. The molecular weight excluding hydrogens is 338 g/mol. The van der Waals surface area contributed by atoms with Crippen molar-refractivity contribution in [2.75, 3.05) is 32.8 Å². The van der Waals surface area contributed by atoms with Gasteiger partial charge < -0.3 is 9.64 Å². The van der Waals surface area contributed by atoms with Crippen LogP contribution in [-0.4, -0.2) is 61.4 Å². The highest BCUT2D eigenvalue weighted by Crippen LogP contribution is 2.22. The zero-order valence-corrected chi connectivity index (χ0v) is 14.1. The van der Waals surface area contributed by atoms with Crippen LogP contribution in [0.1, 0.15) is 12.5 Å². The minimum Gasteiger partial charge on any atom is -0.450 e. The number of hydrogen-bond donors (Lipinski definition) is 0. The van der Waals surface area contributed by atoms with Crippen LogP contribution in [0.5, 0.6) is 0 Å². The zero-order chi connectivity index (χ0) is 17.7. The molecular formula is C14H19N3O6S. The van der Waals surface area contributed by atoms with Crippen LogP contribution in [0.2, 0.25) is 0 Å². The number of benzene rings is 1. The van der Waals surface area contributed by atoms with Crippen molar-refractivity contribution in [1.29, 1.82) is 0 Å². The van der Waals surface area contributed by atoms with E-state index in [0.29, 0.717) is 0 Å². The predicted octanol–water partition coefficient (Wildman–Crippen LogP) is 1.20. The highest BCUT2D eigenvalue weighted by atomic mass is 32.2. The summed E-state index contributed by atoms with van der Waals surface area (Å²) >= 11 is 0. The fraction of sp³-hybridized carbons (Fsp3) is 0.500. The largest absolute Gasteiger partial charge is 0.450 e. The molecule has 1 aliphatic rings. The smallest absolute Gasteiger partial charge is 0.409 e. The van der Waals surface area contributed by atoms with Crippen LogP contribution in [0.15, 0.2) is 24.3 Å². The van der Waals surface area contributed by atoms with Crippen LogP contribution >= 0.6 is 0 Å². The van der Waals surface area contributed by atoms with Crippen molar-refractivity contribution in [3.8, 4) is 0 Å². The number of para-hydroxylation sites is 1. The Morgan fingerprint density at radius 1 is 1.25 bits per heavy atom. The molecule has 1 fully saturated rings. The summed E-state index contributed by atoms with van der Waals surface area (Å²) in [7, 11) is -3.70. The van der Waals surface area contributed by atoms with Gasteiger partial charge in [0.05, 0.1) is 17.3 Å². The van der Waals surface area contributed by atoms with E-state index in [1.807, 2.05) is 0 Å². The monoisotopic (exact) mass is 357 g/mol. The van der Waals surface area contributed by atoms with E-state index in [-0.39, 0.29) is 44.0 Å². The highest BCUT2D eigenvalue weighted by molar-refractivity contribution is 7.88. The quantitative estimate of drug-likeness (QED) is 0.578. The molecule has 10 heteroatoms.